The van der Waals surface area contributed by atoms with Crippen molar-refractivity contribution in [3.63, 3.8) is 0 Å². The van der Waals surface area contributed by atoms with Crippen molar-refractivity contribution in [3.8, 4) is 0 Å². The first-order valence-corrected chi connectivity index (χ1v) is 6.23. The van der Waals surface area contributed by atoms with Crippen molar-refractivity contribution in [1.82, 2.24) is 9.36 Å². The van der Waals surface area contributed by atoms with Crippen LogP contribution in [0.5, 0.6) is 0 Å². The average molecular weight is 232 g/mol. The molecule has 0 radical (unpaired) electrons. The molecule has 0 amide bonds. The van der Waals surface area contributed by atoms with E-state index in [-0.39, 0.29) is 0 Å². The van der Waals surface area contributed by atoms with Crippen molar-refractivity contribution in [3.05, 3.63) is 5.82 Å². The third kappa shape index (κ3) is 2.17. The zero-order valence-electron chi connectivity index (χ0n) is 8.16. The molecule has 1 heterocycles. The van der Waals surface area contributed by atoms with Gasteiger partial charge in [-0.25, -0.2) is 4.98 Å². The van der Waals surface area contributed by atoms with Crippen LogP contribution in [0.3, 0.4) is 0 Å². The molecule has 5 heteroatoms. The molecule has 1 aromatic heterocycles. The van der Waals surface area contributed by atoms with Crippen molar-refractivity contribution in [2.75, 3.05) is 11.2 Å². The molecule has 3 nitrogen and oxygen atoms in total. The number of hydrogen-bond acceptors (Lipinski definition) is 4. The topological polar surface area (TPSA) is 37.8 Å². The number of alkyl halides is 1. The summed E-state index contributed by atoms with van der Waals surface area (Å²) in [5.74, 6) is 2.19. The van der Waals surface area contributed by atoms with E-state index in [1.165, 1.54) is 30.8 Å². The maximum absolute atomic E-state index is 5.90. The van der Waals surface area contributed by atoms with Gasteiger partial charge in [-0.2, -0.15) is 4.37 Å². The van der Waals surface area contributed by atoms with Gasteiger partial charge < -0.3 is 5.32 Å². The van der Waals surface area contributed by atoms with Crippen LogP contribution in [0.4, 0.5) is 5.13 Å². The highest BCUT2D eigenvalue weighted by molar-refractivity contribution is 7.09. The Morgan fingerprint density at radius 1 is 1.57 bits per heavy atom. The monoisotopic (exact) mass is 231 g/mol. The molecule has 0 bridgehead atoms. The van der Waals surface area contributed by atoms with E-state index in [4.69, 9.17) is 11.6 Å². The molecule has 78 valence electrons. The van der Waals surface area contributed by atoms with Gasteiger partial charge in [0, 0.05) is 23.5 Å². The van der Waals surface area contributed by atoms with Crippen LogP contribution < -0.4 is 5.32 Å². The van der Waals surface area contributed by atoms with Crippen molar-refractivity contribution in [2.45, 2.75) is 32.2 Å². The summed E-state index contributed by atoms with van der Waals surface area (Å²) >= 11 is 7.33. The molecule has 1 N–H and O–H groups in total. The molecule has 1 aromatic rings. The van der Waals surface area contributed by atoms with Crippen LogP contribution in [0.1, 0.15) is 25.1 Å². The lowest BCUT2D eigenvalue weighted by molar-refractivity contribution is 0.562. The van der Waals surface area contributed by atoms with E-state index in [0.29, 0.717) is 12.0 Å². The van der Waals surface area contributed by atoms with E-state index in [9.17, 15) is 0 Å². The van der Waals surface area contributed by atoms with Crippen LogP contribution in [-0.4, -0.2) is 21.3 Å². The summed E-state index contributed by atoms with van der Waals surface area (Å²) in [6, 6.07) is 0.500. The number of aryl methyl sites for hydroxylation is 1. The molecule has 14 heavy (non-hydrogen) atoms. The number of aromatic nitrogens is 2. The number of nitrogens with zero attached hydrogens (tertiary/aromatic N) is 2. The second kappa shape index (κ2) is 4.45. The van der Waals surface area contributed by atoms with Gasteiger partial charge in [0.05, 0.1) is 0 Å². The molecule has 0 aromatic carbocycles. The van der Waals surface area contributed by atoms with Crippen molar-refractivity contribution in [1.29, 1.82) is 0 Å². The van der Waals surface area contributed by atoms with Crippen LogP contribution in [0.25, 0.3) is 0 Å². The quantitative estimate of drug-likeness (QED) is 0.813. The van der Waals surface area contributed by atoms with E-state index in [0.717, 1.165) is 16.8 Å². The minimum Gasteiger partial charge on any atom is -0.357 e. The normalized spacial score (nSPS) is 26.7. The largest absolute Gasteiger partial charge is 0.357 e. The van der Waals surface area contributed by atoms with Gasteiger partial charge in [-0.05, 0) is 25.7 Å². The van der Waals surface area contributed by atoms with Crippen molar-refractivity contribution in [2.24, 2.45) is 5.92 Å². The lowest BCUT2D eigenvalue weighted by Crippen LogP contribution is -2.24. The maximum atomic E-state index is 5.90. The first-order chi connectivity index (χ1) is 6.79. The van der Waals surface area contributed by atoms with Crippen LogP contribution in [0, 0.1) is 12.8 Å². The van der Waals surface area contributed by atoms with Crippen LogP contribution in [-0.2, 0) is 0 Å². The molecule has 0 saturated heterocycles. The van der Waals surface area contributed by atoms with Crippen LogP contribution in [0.15, 0.2) is 0 Å². The van der Waals surface area contributed by atoms with Gasteiger partial charge in [0.2, 0.25) is 5.13 Å². The van der Waals surface area contributed by atoms with Crippen molar-refractivity contribution >= 4 is 28.3 Å². The van der Waals surface area contributed by atoms with Gasteiger partial charge in [0.1, 0.15) is 5.82 Å². The standard InChI is InChI=1S/C9H14ClN3S/c1-6-11-9(14-13-6)12-8-4-2-3-7(8)5-10/h7-8H,2-5H2,1H3,(H,11,12,13). The molecule has 1 saturated carbocycles. The molecule has 1 aliphatic carbocycles. The first kappa shape index (κ1) is 10.2. The third-order valence-corrected chi connectivity index (χ3v) is 3.83. The van der Waals surface area contributed by atoms with E-state index in [2.05, 4.69) is 14.7 Å². The maximum Gasteiger partial charge on any atom is 0.202 e. The summed E-state index contributed by atoms with van der Waals surface area (Å²) < 4.78 is 4.14. The number of rotatable bonds is 3. The lowest BCUT2D eigenvalue weighted by atomic mass is 10.1. The average Bonchev–Trinajstić information content (AvgIpc) is 2.76. The fourth-order valence-electron chi connectivity index (χ4n) is 1.93. The first-order valence-electron chi connectivity index (χ1n) is 4.92. The molecule has 0 aliphatic heterocycles. The molecule has 1 aliphatic rings. The smallest absolute Gasteiger partial charge is 0.202 e. The molecular weight excluding hydrogens is 218 g/mol. The molecular formula is C9H14ClN3S. The Morgan fingerprint density at radius 3 is 3.07 bits per heavy atom. The number of halogens is 1. The number of anilines is 1. The Kier molecular flexibility index (Phi) is 3.23. The van der Waals surface area contributed by atoms with E-state index in [1.54, 1.807) is 0 Å². The second-order valence-corrected chi connectivity index (χ2v) is 4.80. The van der Waals surface area contributed by atoms with Crippen molar-refractivity contribution < 1.29 is 0 Å². The van der Waals surface area contributed by atoms with Crippen LogP contribution >= 0.6 is 23.1 Å². The highest BCUT2D eigenvalue weighted by atomic mass is 35.5. The van der Waals surface area contributed by atoms with Gasteiger partial charge >= 0.3 is 0 Å². The summed E-state index contributed by atoms with van der Waals surface area (Å²) in [6.07, 6.45) is 3.71. The molecule has 0 spiro atoms. The van der Waals surface area contributed by atoms with E-state index >= 15 is 0 Å². The van der Waals surface area contributed by atoms with Crippen LogP contribution in [0.2, 0.25) is 0 Å². The molecule has 2 atom stereocenters. The van der Waals surface area contributed by atoms with Gasteiger partial charge in [-0.1, -0.05) is 6.42 Å². The third-order valence-electron chi connectivity index (χ3n) is 2.69. The Morgan fingerprint density at radius 2 is 2.43 bits per heavy atom. The molecule has 1 fully saturated rings. The zero-order chi connectivity index (χ0) is 9.97. The predicted molar refractivity (Wildman–Crippen MR) is 60.1 cm³/mol. The minimum atomic E-state index is 0.500. The Hall–Kier alpha value is -0.350. The fourth-order valence-corrected chi connectivity index (χ4v) is 2.93. The summed E-state index contributed by atoms with van der Waals surface area (Å²) in [5.41, 5.74) is 0. The highest BCUT2D eigenvalue weighted by Crippen LogP contribution is 2.29. The summed E-state index contributed by atoms with van der Waals surface area (Å²) in [7, 11) is 0. The number of nitrogens with one attached hydrogen (secondary N) is 1. The summed E-state index contributed by atoms with van der Waals surface area (Å²) in [5, 5.41) is 4.36. The summed E-state index contributed by atoms with van der Waals surface area (Å²) in [6.45, 7) is 1.91. The lowest BCUT2D eigenvalue weighted by Gasteiger charge is -2.17. The Bertz CT molecular complexity index is 302. The Labute approximate surface area is 93.1 Å². The zero-order valence-corrected chi connectivity index (χ0v) is 9.74. The molecule has 2 rings (SSSR count). The van der Waals surface area contributed by atoms with Gasteiger partial charge in [0.15, 0.2) is 0 Å². The fraction of sp³-hybridized carbons (Fsp3) is 0.778. The van der Waals surface area contributed by atoms with Gasteiger partial charge in [-0.3, -0.25) is 0 Å². The number of hydrogen-bond donors (Lipinski definition) is 1. The summed E-state index contributed by atoms with van der Waals surface area (Å²) in [4.78, 5) is 4.30. The van der Waals surface area contributed by atoms with Gasteiger partial charge in [0.25, 0.3) is 0 Å². The highest BCUT2D eigenvalue weighted by Gasteiger charge is 2.26. The SMILES string of the molecule is Cc1nsc(NC2CCCC2CCl)n1. The van der Waals surface area contributed by atoms with E-state index in [1.807, 2.05) is 6.92 Å². The minimum absolute atomic E-state index is 0.500. The predicted octanol–water partition coefficient (Wildman–Crippen LogP) is 2.67. The van der Waals surface area contributed by atoms with E-state index < -0.39 is 0 Å². The molecule has 2 unspecified atom stereocenters. The second-order valence-electron chi connectivity index (χ2n) is 3.74. The Balaban J connectivity index is 1.96. The van der Waals surface area contributed by atoms with Gasteiger partial charge in [-0.15, -0.1) is 11.6 Å².